The summed E-state index contributed by atoms with van der Waals surface area (Å²) >= 11 is 6.79. The molecule has 4 rings (SSSR count). The molecular formula is C29H27ClN2O5S2. The average Bonchev–Trinajstić information content (AvgIpc) is 3.39. The zero-order valence-corrected chi connectivity index (χ0v) is 23.5. The van der Waals surface area contributed by atoms with Gasteiger partial charge in [-0.15, -0.1) is 11.3 Å². The molecule has 7 nitrogen and oxygen atoms in total. The number of anilines is 1. The minimum Gasteiger partial charge on any atom is -0.449 e. The van der Waals surface area contributed by atoms with Crippen LogP contribution in [0.15, 0.2) is 101 Å². The molecule has 10 heteroatoms. The minimum atomic E-state index is -3.97. The van der Waals surface area contributed by atoms with Crippen LogP contribution in [0.25, 0.3) is 0 Å². The van der Waals surface area contributed by atoms with E-state index < -0.39 is 22.1 Å². The molecule has 0 radical (unpaired) electrons. The van der Waals surface area contributed by atoms with Crippen molar-refractivity contribution in [2.24, 2.45) is 0 Å². The Balaban J connectivity index is 1.48. The molecule has 39 heavy (non-hydrogen) atoms. The maximum Gasteiger partial charge on any atom is 0.341 e. The van der Waals surface area contributed by atoms with E-state index in [-0.39, 0.29) is 21.4 Å². The molecule has 0 aliphatic heterocycles. The molecule has 0 saturated heterocycles. The normalized spacial score (nSPS) is 11.9. The van der Waals surface area contributed by atoms with Gasteiger partial charge in [0.05, 0.1) is 15.6 Å². The number of thiophene rings is 1. The lowest BCUT2D eigenvalue weighted by molar-refractivity contribution is -0.140. The van der Waals surface area contributed by atoms with Crippen LogP contribution < -0.4 is 4.72 Å². The molecule has 1 amide bonds. The molecule has 0 fully saturated rings. The summed E-state index contributed by atoms with van der Waals surface area (Å²) in [5, 5.41) is 0. The van der Waals surface area contributed by atoms with Crippen LogP contribution in [0.2, 0.25) is 4.34 Å². The highest BCUT2D eigenvalue weighted by atomic mass is 35.5. The van der Waals surface area contributed by atoms with Gasteiger partial charge in [-0.05, 0) is 48.7 Å². The number of benzene rings is 3. The van der Waals surface area contributed by atoms with Crippen molar-refractivity contribution in [3.8, 4) is 0 Å². The number of hydrogen-bond acceptors (Lipinski definition) is 6. The van der Waals surface area contributed by atoms with Gasteiger partial charge in [0.15, 0.2) is 6.10 Å². The molecule has 1 heterocycles. The zero-order valence-electron chi connectivity index (χ0n) is 21.1. The number of sulfonamides is 1. The van der Waals surface area contributed by atoms with Gasteiger partial charge in [0.2, 0.25) is 0 Å². The lowest BCUT2D eigenvalue weighted by atomic mass is 10.1. The number of amides is 1. The number of hydrogen-bond donors (Lipinski definition) is 1. The Kier molecular flexibility index (Phi) is 9.40. The Morgan fingerprint density at radius 3 is 2.15 bits per heavy atom. The first-order chi connectivity index (χ1) is 18.7. The highest BCUT2D eigenvalue weighted by Crippen LogP contribution is 2.28. The van der Waals surface area contributed by atoms with Gasteiger partial charge in [0.1, 0.15) is 4.21 Å². The lowest BCUT2D eigenvalue weighted by Gasteiger charge is -2.26. The number of nitrogens with zero attached hydrogens (tertiary/aromatic N) is 1. The first-order valence-electron chi connectivity index (χ1n) is 12.2. The van der Waals surface area contributed by atoms with E-state index in [2.05, 4.69) is 4.72 Å². The fourth-order valence-electron chi connectivity index (χ4n) is 3.90. The number of para-hydroxylation sites is 1. The van der Waals surface area contributed by atoms with Gasteiger partial charge in [-0.2, -0.15) is 0 Å². The van der Waals surface area contributed by atoms with Crippen LogP contribution in [0.1, 0.15) is 28.4 Å². The van der Waals surface area contributed by atoms with E-state index in [1.807, 2.05) is 60.7 Å². The Morgan fingerprint density at radius 2 is 1.51 bits per heavy atom. The number of ether oxygens (including phenoxy) is 1. The fourth-order valence-corrected chi connectivity index (χ4v) is 6.46. The number of halogens is 1. The molecule has 4 aromatic rings. The molecular weight excluding hydrogens is 556 g/mol. The minimum absolute atomic E-state index is 0.00851. The van der Waals surface area contributed by atoms with E-state index in [1.54, 1.807) is 17.0 Å². The van der Waals surface area contributed by atoms with Crippen molar-refractivity contribution < 1.29 is 22.7 Å². The molecule has 3 aromatic carbocycles. The van der Waals surface area contributed by atoms with Gasteiger partial charge in [-0.25, -0.2) is 13.2 Å². The second-order valence-electron chi connectivity index (χ2n) is 8.74. The molecule has 0 bridgehead atoms. The standard InChI is InChI=1S/C29H27ClN2O5S2/c1-21(28(33)32(20-23-12-6-3-7-13-23)19-18-22-10-4-2-5-11-22)37-29(34)24-14-8-9-15-25(24)31-39(35,36)27-17-16-26(30)38-27/h2-17,21,31H,18-20H2,1H3/t21-/m0/s1. The van der Waals surface area contributed by atoms with E-state index in [9.17, 15) is 18.0 Å². The predicted octanol–water partition coefficient (Wildman–Crippen LogP) is 6.02. The molecule has 1 N–H and O–H groups in total. The average molecular weight is 583 g/mol. The Hall–Kier alpha value is -3.66. The van der Waals surface area contributed by atoms with Crippen molar-refractivity contribution in [2.75, 3.05) is 11.3 Å². The lowest BCUT2D eigenvalue weighted by Crippen LogP contribution is -2.40. The summed E-state index contributed by atoms with van der Waals surface area (Å²) in [5.41, 5.74) is 2.06. The summed E-state index contributed by atoms with van der Waals surface area (Å²) in [7, 11) is -3.97. The number of nitrogens with one attached hydrogen (secondary N) is 1. The quantitative estimate of drug-likeness (QED) is 0.218. The van der Waals surface area contributed by atoms with E-state index in [4.69, 9.17) is 16.3 Å². The Labute approximate surface area is 237 Å². The molecule has 202 valence electrons. The fraction of sp³-hybridized carbons (Fsp3) is 0.172. The summed E-state index contributed by atoms with van der Waals surface area (Å²) in [6, 6.07) is 28.3. The number of esters is 1. The zero-order chi connectivity index (χ0) is 27.8. The third-order valence-corrected chi connectivity index (χ3v) is 8.97. The van der Waals surface area contributed by atoms with Crippen LogP contribution in [0, 0.1) is 0 Å². The summed E-state index contributed by atoms with van der Waals surface area (Å²) in [6.07, 6.45) is -0.463. The molecule has 0 aliphatic rings. The molecule has 1 atom stereocenters. The van der Waals surface area contributed by atoms with Crippen LogP contribution in [0.3, 0.4) is 0 Å². The highest BCUT2D eigenvalue weighted by molar-refractivity contribution is 7.94. The number of carbonyl (C=O) groups is 2. The van der Waals surface area contributed by atoms with Crippen LogP contribution in [0.5, 0.6) is 0 Å². The monoisotopic (exact) mass is 582 g/mol. The van der Waals surface area contributed by atoms with Crippen LogP contribution in [0.4, 0.5) is 5.69 Å². The van der Waals surface area contributed by atoms with Gasteiger partial charge in [-0.1, -0.05) is 84.4 Å². The summed E-state index contributed by atoms with van der Waals surface area (Å²) in [4.78, 5) is 28.2. The van der Waals surface area contributed by atoms with Crippen molar-refractivity contribution in [3.05, 3.63) is 118 Å². The topological polar surface area (TPSA) is 92.8 Å². The van der Waals surface area contributed by atoms with Crippen molar-refractivity contribution in [2.45, 2.75) is 30.2 Å². The molecule has 0 saturated carbocycles. The summed E-state index contributed by atoms with van der Waals surface area (Å²) in [5.74, 6) is -1.17. The second-order valence-corrected chi connectivity index (χ2v) is 12.4. The van der Waals surface area contributed by atoms with Crippen LogP contribution >= 0.6 is 22.9 Å². The van der Waals surface area contributed by atoms with E-state index in [1.165, 1.54) is 31.2 Å². The van der Waals surface area contributed by atoms with Gasteiger partial charge < -0.3 is 9.64 Å². The van der Waals surface area contributed by atoms with Crippen molar-refractivity contribution in [1.29, 1.82) is 0 Å². The highest BCUT2D eigenvalue weighted by Gasteiger charge is 2.27. The van der Waals surface area contributed by atoms with Gasteiger partial charge in [0.25, 0.3) is 15.9 Å². The molecule has 0 unspecified atom stereocenters. The molecule has 0 aliphatic carbocycles. The Bertz CT molecular complexity index is 1530. The summed E-state index contributed by atoms with van der Waals surface area (Å²) < 4.78 is 33.9. The van der Waals surface area contributed by atoms with Gasteiger partial charge in [0, 0.05) is 13.1 Å². The number of carbonyl (C=O) groups excluding carboxylic acids is 2. The molecule has 1 aromatic heterocycles. The third kappa shape index (κ3) is 7.69. The van der Waals surface area contributed by atoms with Crippen LogP contribution in [-0.2, 0) is 32.5 Å². The van der Waals surface area contributed by atoms with Gasteiger partial charge >= 0.3 is 5.97 Å². The van der Waals surface area contributed by atoms with E-state index in [0.717, 1.165) is 22.5 Å². The third-order valence-electron chi connectivity index (χ3n) is 5.88. The largest absolute Gasteiger partial charge is 0.449 e. The number of rotatable bonds is 11. The van der Waals surface area contributed by atoms with E-state index >= 15 is 0 Å². The van der Waals surface area contributed by atoms with Gasteiger partial charge in [-0.3, -0.25) is 9.52 Å². The maximum atomic E-state index is 13.5. The van der Waals surface area contributed by atoms with Crippen LogP contribution in [-0.4, -0.2) is 37.8 Å². The SMILES string of the molecule is C[C@H](OC(=O)c1ccccc1NS(=O)(=O)c1ccc(Cl)s1)C(=O)N(CCc1ccccc1)Cc1ccccc1. The predicted molar refractivity (Wildman–Crippen MR) is 153 cm³/mol. The second kappa shape index (κ2) is 12.9. The van der Waals surface area contributed by atoms with Crippen molar-refractivity contribution in [1.82, 2.24) is 4.90 Å². The first kappa shape index (κ1) is 28.4. The van der Waals surface area contributed by atoms with E-state index in [0.29, 0.717) is 23.8 Å². The first-order valence-corrected chi connectivity index (χ1v) is 14.9. The maximum absolute atomic E-state index is 13.5. The van der Waals surface area contributed by atoms with Crippen molar-refractivity contribution in [3.63, 3.8) is 0 Å². The van der Waals surface area contributed by atoms with Crippen molar-refractivity contribution >= 4 is 50.5 Å². The smallest absolute Gasteiger partial charge is 0.341 e. The molecule has 0 spiro atoms. The Morgan fingerprint density at radius 1 is 0.897 bits per heavy atom. The summed E-state index contributed by atoms with van der Waals surface area (Å²) in [6.45, 7) is 2.30.